The fraction of sp³-hybridized carbons (Fsp3) is 0.889. The van der Waals surface area contributed by atoms with E-state index in [0.29, 0.717) is 16.6 Å². The number of hydrogen-bond acceptors (Lipinski definition) is 2. The number of alkyl halides is 1. The van der Waals surface area contributed by atoms with Gasteiger partial charge in [0.05, 0.1) is 14.7 Å². The van der Waals surface area contributed by atoms with Crippen molar-refractivity contribution < 1.29 is 9.53 Å². The number of halogens is 1. The van der Waals surface area contributed by atoms with Crippen LogP contribution in [0.5, 0.6) is 0 Å². The summed E-state index contributed by atoms with van der Waals surface area (Å²) in [7, 11) is -1.07. The predicted molar refractivity (Wildman–Crippen MR) is 67.0 cm³/mol. The summed E-state index contributed by atoms with van der Waals surface area (Å²) in [5.74, 6) is -0.0533. The highest BCUT2D eigenvalue weighted by atomic mass is 127. The number of esters is 1. The molecular weight excluding hydrogens is 295 g/mol. The van der Waals surface area contributed by atoms with Crippen LogP contribution < -0.4 is 0 Å². The van der Waals surface area contributed by atoms with Crippen molar-refractivity contribution >= 4 is 36.6 Å². The smallest absolute Gasteiger partial charge is 0.305 e. The maximum absolute atomic E-state index is 11.1. The van der Waals surface area contributed by atoms with Crippen molar-refractivity contribution in [2.45, 2.75) is 43.0 Å². The Bertz CT molecular complexity index is 165. The highest BCUT2D eigenvalue weighted by molar-refractivity contribution is 14.1. The molecule has 0 aromatic carbocycles. The summed E-state index contributed by atoms with van der Waals surface area (Å²) in [5, 5.41) is 0. The summed E-state index contributed by atoms with van der Waals surface area (Å²) >= 11 is 2.46. The van der Waals surface area contributed by atoms with Crippen LogP contribution in [0, 0.1) is 0 Å². The van der Waals surface area contributed by atoms with Gasteiger partial charge in [0.15, 0.2) is 0 Å². The molecule has 0 saturated heterocycles. The van der Waals surface area contributed by atoms with Crippen molar-refractivity contribution in [3.63, 3.8) is 0 Å². The second-order valence-electron chi connectivity index (χ2n) is 4.18. The summed E-state index contributed by atoms with van der Waals surface area (Å²) in [6.45, 7) is 9.33. The van der Waals surface area contributed by atoms with Gasteiger partial charge in [-0.3, -0.25) is 4.79 Å². The van der Waals surface area contributed by atoms with Crippen molar-refractivity contribution in [3.8, 4) is 0 Å². The molecule has 0 radical (unpaired) electrons. The zero-order valence-electron chi connectivity index (χ0n) is 8.89. The number of rotatable bonds is 5. The largest absolute Gasteiger partial charge is 0.466 e. The van der Waals surface area contributed by atoms with E-state index in [1.807, 2.05) is 6.92 Å². The third-order valence-corrected chi connectivity index (χ3v) is 10.2. The molecule has 0 N–H and O–H groups in total. The van der Waals surface area contributed by atoms with E-state index < -0.39 is 8.07 Å². The van der Waals surface area contributed by atoms with Crippen LogP contribution in [0.2, 0.25) is 19.6 Å². The van der Waals surface area contributed by atoms with Gasteiger partial charge in [-0.2, -0.15) is 0 Å². The zero-order chi connectivity index (χ0) is 10.5. The van der Waals surface area contributed by atoms with Gasteiger partial charge < -0.3 is 4.74 Å². The molecule has 0 spiro atoms. The van der Waals surface area contributed by atoms with Crippen molar-refractivity contribution in [1.82, 2.24) is 0 Å². The Balaban J connectivity index is 3.70. The minimum atomic E-state index is -1.07. The van der Waals surface area contributed by atoms with E-state index in [4.69, 9.17) is 4.74 Å². The highest BCUT2D eigenvalue weighted by Crippen LogP contribution is 2.21. The number of carbonyl (C=O) groups is 1. The number of ether oxygens (including phenoxy) is 1. The maximum atomic E-state index is 11.1. The minimum Gasteiger partial charge on any atom is -0.466 e. The monoisotopic (exact) mass is 314 g/mol. The normalized spacial score (nSPS) is 13.9. The van der Waals surface area contributed by atoms with Crippen LogP contribution in [0.4, 0.5) is 0 Å². The molecule has 0 aromatic rings. The molecule has 0 bridgehead atoms. The predicted octanol–water partition coefficient (Wildman–Crippen LogP) is 3.01. The molecule has 0 amide bonds. The summed E-state index contributed by atoms with van der Waals surface area (Å²) in [5.41, 5.74) is 0. The minimum absolute atomic E-state index is 0.0533. The molecular formula is C9H19IO2Si. The third kappa shape index (κ3) is 6.48. The molecule has 0 aromatic heterocycles. The van der Waals surface area contributed by atoms with Gasteiger partial charge in [-0.25, -0.2) is 0 Å². The van der Waals surface area contributed by atoms with Crippen LogP contribution in [0.1, 0.15) is 19.8 Å². The number of hydrogen-bond donors (Lipinski definition) is 0. The summed E-state index contributed by atoms with van der Waals surface area (Å²) < 4.78 is 5.54. The molecule has 1 atom stereocenters. The first-order valence-corrected chi connectivity index (χ1v) is 9.50. The molecule has 4 heteroatoms. The lowest BCUT2D eigenvalue weighted by Gasteiger charge is -2.22. The Kier molecular flexibility index (Phi) is 6.20. The first-order chi connectivity index (χ1) is 5.88. The van der Waals surface area contributed by atoms with E-state index in [1.54, 1.807) is 0 Å². The van der Waals surface area contributed by atoms with Crippen LogP contribution in [-0.2, 0) is 9.53 Å². The Labute approximate surface area is 95.6 Å². The molecule has 0 fully saturated rings. The molecule has 0 aliphatic rings. The second-order valence-corrected chi connectivity index (χ2v) is 12.3. The molecule has 0 aliphatic heterocycles. The lowest BCUT2D eigenvalue weighted by atomic mass is 10.3. The van der Waals surface area contributed by atoms with Gasteiger partial charge >= 0.3 is 5.97 Å². The highest BCUT2D eigenvalue weighted by Gasteiger charge is 2.24. The molecule has 0 saturated carbocycles. The van der Waals surface area contributed by atoms with Gasteiger partial charge in [0.1, 0.15) is 0 Å². The first-order valence-electron chi connectivity index (χ1n) is 4.67. The Morgan fingerprint density at radius 1 is 1.46 bits per heavy atom. The van der Waals surface area contributed by atoms with E-state index in [1.165, 1.54) is 0 Å². The van der Waals surface area contributed by atoms with Crippen molar-refractivity contribution in [3.05, 3.63) is 0 Å². The van der Waals surface area contributed by atoms with E-state index in [9.17, 15) is 4.79 Å². The Hall–Kier alpha value is 0.417. The lowest BCUT2D eigenvalue weighted by Crippen LogP contribution is -2.33. The maximum Gasteiger partial charge on any atom is 0.305 e. The van der Waals surface area contributed by atoms with Gasteiger partial charge in [-0.05, 0) is 13.3 Å². The molecule has 0 aliphatic carbocycles. The summed E-state index contributed by atoms with van der Waals surface area (Å²) in [6, 6.07) is 0. The summed E-state index contributed by atoms with van der Waals surface area (Å²) in [6.07, 6.45) is 1.54. The standard InChI is InChI=1S/C9H19IO2Si/c1-5-12-9(11)7-6-8(10)13(2,3)4/h8H,5-7H2,1-4H3. The van der Waals surface area contributed by atoms with Gasteiger partial charge in [-0.1, -0.05) is 42.2 Å². The van der Waals surface area contributed by atoms with E-state index in [2.05, 4.69) is 42.2 Å². The second kappa shape index (κ2) is 6.01. The zero-order valence-corrected chi connectivity index (χ0v) is 12.1. The Morgan fingerprint density at radius 3 is 2.38 bits per heavy atom. The lowest BCUT2D eigenvalue weighted by molar-refractivity contribution is -0.143. The van der Waals surface area contributed by atoms with Crippen LogP contribution in [-0.4, -0.2) is 24.2 Å². The van der Waals surface area contributed by atoms with Crippen molar-refractivity contribution in [2.24, 2.45) is 0 Å². The topological polar surface area (TPSA) is 26.3 Å². The van der Waals surface area contributed by atoms with E-state index >= 15 is 0 Å². The van der Waals surface area contributed by atoms with Gasteiger partial charge in [0.2, 0.25) is 0 Å². The van der Waals surface area contributed by atoms with Crippen LogP contribution in [0.25, 0.3) is 0 Å². The average Bonchev–Trinajstić information content (AvgIpc) is 1.99. The molecule has 13 heavy (non-hydrogen) atoms. The van der Waals surface area contributed by atoms with Gasteiger partial charge in [0, 0.05) is 9.97 Å². The fourth-order valence-electron chi connectivity index (χ4n) is 0.911. The Morgan fingerprint density at radius 2 is 2.00 bits per heavy atom. The van der Waals surface area contributed by atoms with Crippen molar-refractivity contribution in [2.75, 3.05) is 6.61 Å². The average molecular weight is 314 g/mol. The molecule has 1 unspecified atom stereocenters. The summed E-state index contributed by atoms with van der Waals surface area (Å²) in [4.78, 5) is 11.1. The van der Waals surface area contributed by atoms with Crippen LogP contribution in [0.15, 0.2) is 0 Å². The van der Waals surface area contributed by atoms with Gasteiger partial charge in [0.25, 0.3) is 0 Å². The quantitative estimate of drug-likeness (QED) is 0.337. The third-order valence-electron chi connectivity index (χ3n) is 1.85. The molecule has 0 rings (SSSR count). The van der Waals surface area contributed by atoms with Crippen molar-refractivity contribution in [1.29, 1.82) is 0 Å². The number of carbonyl (C=O) groups excluding carboxylic acids is 1. The van der Waals surface area contributed by atoms with Gasteiger partial charge in [-0.15, -0.1) is 0 Å². The molecule has 0 heterocycles. The fourth-order valence-corrected chi connectivity index (χ4v) is 2.23. The molecule has 2 nitrogen and oxygen atoms in total. The van der Waals surface area contributed by atoms with E-state index in [-0.39, 0.29) is 5.97 Å². The van der Waals surface area contributed by atoms with E-state index in [0.717, 1.165) is 6.42 Å². The molecule has 78 valence electrons. The van der Waals surface area contributed by atoms with Crippen LogP contribution >= 0.6 is 22.6 Å². The SMILES string of the molecule is CCOC(=O)CCC(I)[Si](C)(C)C. The van der Waals surface area contributed by atoms with Crippen LogP contribution in [0.3, 0.4) is 0 Å². The first kappa shape index (κ1) is 13.4.